The summed E-state index contributed by atoms with van der Waals surface area (Å²) in [6, 6.07) is 37.4. The Balaban J connectivity index is 0.000000128. The number of furan rings is 2. The number of ether oxygens (including phenoxy) is 3. The molecule has 0 N–H and O–H groups in total. The number of hydrogen-bond acceptors (Lipinski definition) is 6. The van der Waals surface area contributed by atoms with Gasteiger partial charge in [-0.2, -0.15) is 0 Å². The highest BCUT2D eigenvalue weighted by atomic mass is 16.7. The molecule has 0 radical (unpaired) electrons. The topological polar surface area (TPSA) is 71.0 Å². The van der Waals surface area contributed by atoms with Gasteiger partial charge in [-0.25, -0.2) is 0 Å². The van der Waals surface area contributed by atoms with Crippen LogP contribution in [0.4, 0.5) is 0 Å². The minimum absolute atomic E-state index is 0.310. The normalized spacial score (nSPS) is 13.3. The molecule has 5 aromatic carbocycles. The third-order valence-electron chi connectivity index (χ3n) is 11.3. The van der Waals surface area contributed by atoms with Gasteiger partial charge in [0.1, 0.15) is 22.7 Å². The monoisotopic (exact) mass is 820 g/mol. The van der Waals surface area contributed by atoms with Crippen molar-refractivity contribution in [1.29, 1.82) is 0 Å². The van der Waals surface area contributed by atoms with Gasteiger partial charge in [-0.15, -0.1) is 0 Å². The minimum Gasteiger partial charge on any atom is -0.493 e. The summed E-state index contributed by atoms with van der Waals surface area (Å²) in [6.45, 7) is 23.0. The molecule has 2 aliphatic heterocycles. The summed E-state index contributed by atoms with van der Waals surface area (Å²) < 4.78 is 26.8. The van der Waals surface area contributed by atoms with Gasteiger partial charge >= 0.3 is 0 Å². The van der Waals surface area contributed by atoms with Gasteiger partial charge < -0.3 is 23.0 Å². The van der Waals surface area contributed by atoms with Crippen molar-refractivity contribution < 1.29 is 27.8 Å². The van der Waals surface area contributed by atoms with E-state index in [1.807, 2.05) is 48.5 Å². The summed E-state index contributed by atoms with van der Waals surface area (Å²) in [5.74, 6) is 6.97. The number of Topliss-reactive ketones (excluding diaryl/α,β-unsaturated/α-hetero) is 1. The lowest BCUT2D eigenvalue weighted by Crippen LogP contribution is -1.93. The van der Waals surface area contributed by atoms with Crippen LogP contribution >= 0.6 is 0 Å². The summed E-state index contributed by atoms with van der Waals surface area (Å²) in [6.07, 6.45) is 4.45. The lowest BCUT2D eigenvalue weighted by molar-refractivity contribution is 0.0994. The van der Waals surface area contributed by atoms with Gasteiger partial charge in [0.15, 0.2) is 17.3 Å². The zero-order chi connectivity index (χ0) is 43.6. The Morgan fingerprint density at radius 2 is 1.05 bits per heavy atom. The van der Waals surface area contributed by atoms with Crippen molar-refractivity contribution in [2.75, 3.05) is 13.4 Å². The molecule has 0 unspecified atom stereocenters. The first-order chi connectivity index (χ1) is 29.3. The molecule has 0 saturated heterocycles. The van der Waals surface area contributed by atoms with E-state index in [1.165, 1.54) is 44.2 Å². The molecule has 0 spiro atoms. The standard InChI is InChI=1S/C12H14O.C11H14O.2C11H12O.C10H12O2/c1-8(2)9-3-5-11-10(7-9)4-6-12(11)13;2*1-8(2)9-3-4-11-10(7-9)5-6-12-11;1-8(2)11-7-9-5-3-4-6-10(9)12-11;1-7(2)8-3-4-9-10(5-8)12-6-11-9/h3,5,7-8H,4,6H2,1-2H3;3-4,7-8H,5-6H2,1-2H3;2*3-8H,1-2H3;3-5,7H,6H2,1-2H3. The van der Waals surface area contributed by atoms with Gasteiger partial charge in [-0.05, 0) is 112 Å². The summed E-state index contributed by atoms with van der Waals surface area (Å²) in [7, 11) is 0. The fourth-order valence-electron chi connectivity index (χ4n) is 7.30. The molecule has 0 saturated carbocycles. The molecule has 4 heterocycles. The Labute approximate surface area is 363 Å². The van der Waals surface area contributed by atoms with Gasteiger partial charge in [0.25, 0.3) is 0 Å². The van der Waals surface area contributed by atoms with Crippen LogP contribution < -0.4 is 14.2 Å². The maximum Gasteiger partial charge on any atom is 0.231 e. The van der Waals surface area contributed by atoms with Crippen LogP contribution in [-0.2, 0) is 12.8 Å². The first kappa shape index (κ1) is 44.8. The largest absolute Gasteiger partial charge is 0.493 e. The molecule has 10 rings (SSSR count). The number of benzene rings is 5. The summed E-state index contributed by atoms with van der Waals surface area (Å²) in [5, 5.41) is 2.39. The fraction of sp³-hybridized carbons (Fsp3) is 0.364. The van der Waals surface area contributed by atoms with Crippen molar-refractivity contribution in [2.45, 2.75) is 118 Å². The molecule has 320 valence electrons. The maximum absolute atomic E-state index is 11.3. The SMILES string of the molecule is CC(C)c1cc2ccccc2o1.CC(C)c1ccc2c(c1)CCC2=O.CC(C)c1ccc2c(c1)CCO2.CC(C)c1ccc2c(c1)OCO2.CC(C)c1ccc2occc2c1. The van der Waals surface area contributed by atoms with E-state index in [0.29, 0.717) is 48.6 Å². The smallest absolute Gasteiger partial charge is 0.231 e. The number of aryl methyl sites for hydroxylation is 1. The van der Waals surface area contributed by atoms with Crippen molar-refractivity contribution in [3.63, 3.8) is 0 Å². The Morgan fingerprint density at radius 1 is 0.459 bits per heavy atom. The Morgan fingerprint density at radius 3 is 1.74 bits per heavy atom. The van der Waals surface area contributed by atoms with Crippen LogP contribution in [0.2, 0.25) is 0 Å². The molecule has 0 fully saturated rings. The molecule has 1 aliphatic carbocycles. The first-order valence-electron chi connectivity index (χ1n) is 22.0. The Bertz CT molecular complexity index is 2410. The Kier molecular flexibility index (Phi) is 15.2. The van der Waals surface area contributed by atoms with Gasteiger partial charge in [-0.3, -0.25) is 4.79 Å². The van der Waals surface area contributed by atoms with Crippen LogP contribution in [0.25, 0.3) is 21.9 Å². The van der Waals surface area contributed by atoms with E-state index in [4.69, 9.17) is 23.0 Å². The van der Waals surface area contributed by atoms with Gasteiger partial charge in [0.2, 0.25) is 6.79 Å². The second kappa shape index (κ2) is 20.7. The van der Waals surface area contributed by atoms with Gasteiger partial charge in [-0.1, -0.05) is 130 Å². The first-order valence-corrected chi connectivity index (χ1v) is 22.0. The van der Waals surface area contributed by atoms with Crippen LogP contribution in [0.15, 0.2) is 124 Å². The lowest BCUT2D eigenvalue weighted by Gasteiger charge is -2.06. The van der Waals surface area contributed by atoms with Gasteiger partial charge in [0, 0.05) is 35.1 Å². The van der Waals surface area contributed by atoms with E-state index in [2.05, 4.69) is 130 Å². The maximum atomic E-state index is 11.3. The van der Waals surface area contributed by atoms with Crippen molar-refractivity contribution in [2.24, 2.45) is 0 Å². The highest BCUT2D eigenvalue weighted by molar-refractivity contribution is 6.00. The third kappa shape index (κ3) is 11.8. The van der Waals surface area contributed by atoms with E-state index in [0.717, 1.165) is 59.2 Å². The Hall–Kier alpha value is -5.75. The zero-order valence-electron chi connectivity index (χ0n) is 37.8. The number of carbonyl (C=O) groups excluding carboxylic acids is 1. The van der Waals surface area contributed by atoms with E-state index in [1.54, 1.807) is 6.26 Å². The average molecular weight is 821 g/mol. The van der Waals surface area contributed by atoms with Crippen LogP contribution in [0, 0.1) is 0 Å². The van der Waals surface area contributed by atoms with E-state index >= 15 is 0 Å². The van der Waals surface area contributed by atoms with Crippen LogP contribution in [0.3, 0.4) is 0 Å². The predicted octanol–water partition coefficient (Wildman–Crippen LogP) is 15.3. The average Bonchev–Trinajstić information content (AvgIpc) is 4.11. The van der Waals surface area contributed by atoms with E-state index < -0.39 is 0 Å². The lowest BCUT2D eigenvalue weighted by atomic mass is 9.98. The molecule has 0 amide bonds. The number of fused-ring (bicyclic) bond motifs is 5. The van der Waals surface area contributed by atoms with E-state index in [-0.39, 0.29) is 0 Å². The molecule has 0 atom stereocenters. The minimum atomic E-state index is 0.310. The van der Waals surface area contributed by atoms with Crippen LogP contribution in [0.1, 0.15) is 155 Å². The van der Waals surface area contributed by atoms with Crippen molar-refractivity contribution in [3.8, 4) is 17.2 Å². The number of carbonyl (C=O) groups is 1. The molecule has 6 nitrogen and oxygen atoms in total. The van der Waals surface area contributed by atoms with Crippen molar-refractivity contribution in [1.82, 2.24) is 0 Å². The predicted molar refractivity (Wildman–Crippen MR) is 250 cm³/mol. The quantitative estimate of drug-likeness (QED) is 0.172. The number of ketones is 1. The molecular weight excluding hydrogens is 757 g/mol. The highest BCUT2D eigenvalue weighted by Crippen LogP contribution is 2.34. The third-order valence-corrected chi connectivity index (χ3v) is 11.3. The van der Waals surface area contributed by atoms with Crippen molar-refractivity contribution in [3.05, 3.63) is 160 Å². The highest BCUT2D eigenvalue weighted by Gasteiger charge is 2.19. The fourth-order valence-corrected chi connectivity index (χ4v) is 7.30. The number of para-hydroxylation sites is 1. The molecular formula is C55H64O6. The molecule has 6 heteroatoms. The van der Waals surface area contributed by atoms with Crippen molar-refractivity contribution >= 4 is 27.7 Å². The zero-order valence-corrected chi connectivity index (χ0v) is 37.8. The molecule has 7 aromatic rings. The summed E-state index contributed by atoms with van der Waals surface area (Å²) >= 11 is 0. The molecule has 61 heavy (non-hydrogen) atoms. The number of hydrogen-bond donors (Lipinski definition) is 0. The van der Waals surface area contributed by atoms with Crippen LogP contribution in [0.5, 0.6) is 17.2 Å². The summed E-state index contributed by atoms with van der Waals surface area (Å²) in [5.41, 5.74) is 10.9. The second-order valence-corrected chi connectivity index (χ2v) is 17.6. The second-order valence-electron chi connectivity index (χ2n) is 17.6. The van der Waals surface area contributed by atoms with Crippen LogP contribution in [-0.4, -0.2) is 19.2 Å². The molecule has 2 aromatic heterocycles. The molecule has 0 bridgehead atoms. The molecule has 3 aliphatic rings. The van der Waals surface area contributed by atoms with Gasteiger partial charge in [0.05, 0.1) is 12.9 Å². The summed E-state index contributed by atoms with van der Waals surface area (Å²) in [4.78, 5) is 11.3. The number of rotatable bonds is 5. The van der Waals surface area contributed by atoms with E-state index in [9.17, 15) is 4.79 Å².